The molecule has 0 atom stereocenters. The van der Waals surface area contributed by atoms with Gasteiger partial charge in [-0.3, -0.25) is 0 Å². The second-order valence-corrected chi connectivity index (χ2v) is 11.2. The van der Waals surface area contributed by atoms with Gasteiger partial charge < -0.3 is 9.32 Å². The van der Waals surface area contributed by atoms with Gasteiger partial charge in [-0.25, -0.2) is 0 Å². The molecule has 7 aromatic carbocycles. The van der Waals surface area contributed by atoms with Crippen molar-refractivity contribution in [2.75, 3.05) is 4.90 Å². The van der Waals surface area contributed by atoms with Gasteiger partial charge in [0.25, 0.3) is 0 Å². The first-order chi connectivity index (χ1) is 23.7. The highest BCUT2D eigenvalue weighted by Crippen LogP contribution is 2.41. The Bertz CT molecular complexity index is 2540. The Hall–Kier alpha value is -5.60. The van der Waals surface area contributed by atoms with Gasteiger partial charge in [-0.15, -0.1) is 0 Å². The van der Waals surface area contributed by atoms with E-state index in [-0.39, 0.29) is 29.7 Å². The van der Waals surface area contributed by atoms with Crippen LogP contribution in [0.15, 0.2) is 156 Å². The van der Waals surface area contributed by atoms with E-state index in [0.29, 0.717) is 5.56 Å². The molecule has 210 valence electrons. The number of hydrogen-bond acceptors (Lipinski definition) is 2. The van der Waals surface area contributed by atoms with Crippen molar-refractivity contribution in [3.63, 3.8) is 0 Å². The fourth-order valence-corrected chi connectivity index (χ4v) is 6.07. The van der Waals surface area contributed by atoms with Crippen LogP contribution >= 0.6 is 0 Å². The monoisotopic (exact) mass is 570 g/mol. The van der Waals surface area contributed by atoms with Crippen molar-refractivity contribution in [2.45, 2.75) is 13.8 Å². The molecule has 0 radical (unpaired) electrons. The normalized spacial score (nSPS) is 13.0. The van der Waals surface area contributed by atoms with Crippen LogP contribution in [0.4, 0.5) is 17.1 Å². The number of rotatable bonds is 5. The average molecular weight is 571 g/mol. The molecular weight excluding hydrogens is 534 g/mol. The van der Waals surface area contributed by atoms with Crippen LogP contribution in [-0.4, -0.2) is 0 Å². The van der Waals surface area contributed by atoms with Crippen molar-refractivity contribution in [1.82, 2.24) is 0 Å². The van der Waals surface area contributed by atoms with E-state index < -0.39 is 6.04 Å². The van der Waals surface area contributed by atoms with E-state index in [1.54, 1.807) is 0 Å². The Balaban J connectivity index is 1.22. The summed E-state index contributed by atoms with van der Waals surface area (Å²) < 4.78 is 47.3. The first-order valence-corrected chi connectivity index (χ1v) is 14.7. The summed E-state index contributed by atoms with van der Waals surface area (Å²) >= 11 is 0. The SMILES string of the molecule is [2H]c1c([2H])c([2H])c(-c2ccc3cc(N(c4ccc(C)cc4)c4ccc(-c5cc(C)cc6oc7ccccc7c56)cc4)ccc3c2)c([2H])c1[2H]. The maximum absolute atomic E-state index is 8.44. The van der Waals surface area contributed by atoms with Crippen LogP contribution in [0, 0.1) is 13.8 Å². The highest BCUT2D eigenvalue weighted by molar-refractivity contribution is 6.12. The summed E-state index contributed by atoms with van der Waals surface area (Å²) in [6, 6.07) is 40.0. The number of nitrogens with zero attached hydrogens (tertiary/aromatic N) is 1. The van der Waals surface area contributed by atoms with Gasteiger partial charge in [0.2, 0.25) is 0 Å². The van der Waals surface area contributed by atoms with Crippen LogP contribution in [0.3, 0.4) is 0 Å². The summed E-state index contributed by atoms with van der Waals surface area (Å²) in [6.07, 6.45) is 0. The second kappa shape index (κ2) is 10.6. The van der Waals surface area contributed by atoms with E-state index in [9.17, 15) is 0 Å². The zero-order valence-corrected chi connectivity index (χ0v) is 24.4. The molecule has 8 rings (SSSR count). The number of fused-ring (bicyclic) bond motifs is 4. The highest BCUT2D eigenvalue weighted by atomic mass is 16.3. The van der Waals surface area contributed by atoms with Crippen molar-refractivity contribution in [3.8, 4) is 22.3 Å². The molecule has 0 unspecified atom stereocenters. The molecule has 0 saturated carbocycles. The van der Waals surface area contributed by atoms with Crippen LogP contribution in [0.1, 0.15) is 18.0 Å². The number of anilines is 3. The summed E-state index contributed by atoms with van der Waals surface area (Å²) in [5.41, 5.74) is 10.1. The molecule has 0 amide bonds. The van der Waals surface area contributed by atoms with Crippen molar-refractivity contribution in [1.29, 1.82) is 0 Å². The van der Waals surface area contributed by atoms with Gasteiger partial charge in [0.05, 0.1) is 6.85 Å². The minimum Gasteiger partial charge on any atom is -0.456 e. The molecule has 1 aromatic heterocycles. The first-order valence-electron chi connectivity index (χ1n) is 17.2. The molecule has 2 nitrogen and oxygen atoms in total. The Kier molecular flexibility index (Phi) is 5.09. The standard InChI is InChI=1S/C42H31NO/c1-28-12-19-35(20-13-28)43(37-23-18-33-26-32(14-15-34(33)27-37)30-8-4-3-5-9-30)36-21-16-31(17-22-36)39-24-29(2)25-41-42(39)38-10-6-7-11-40(38)44-41/h3-27H,1-2H3/i3D,4D,5D,8D,9D. The highest BCUT2D eigenvalue weighted by Gasteiger charge is 2.16. The van der Waals surface area contributed by atoms with Gasteiger partial charge in [-0.05, 0) is 107 Å². The van der Waals surface area contributed by atoms with Crippen LogP contribution < -0.4 is 4.90 Å². The lowest BCUT2D eigenvalue weighted by molar-refractivity contribution is 0.668. The van der Waals surface area contributed by atoms with Gasteiger partial charge in [0.1, 0.15) is 11.2 Å². The fourth-order valence-electron chi connectivity index (χ4n) is 6.07. The molecule has 0 N–H and O–H groups in total. The van der Waals surface area contributed by atoms with E-state index >= 15 is 0 Å². The number of furan rings is 1. The smallest absolute Gasteiger partial charge is 0.136 e. The quantitative estimate of drug-likeness (QED) is 0.205. The Morgan fingerprint density at radius 3 is 1.98 bits per heavy atom. The molecule has 0 aliphatic heterocycles. The number of benzene rings is 7. The number of hydrogen-bond donors (Lipinski definition) is 0. The van der Waals surface area contributed by atoms with Crippen molar-refractivity contribution < 1.29 is 11.3 Å². The van der Waals surface area contributed by atoms with Gasteiger partial charge in [0, 0.05) is 27.8 Å². The molecule has 0 aliphatic rings. The maximum Gasteiger partial charge on any atom is 0.136 e. The van der Waals surface area contributed by atoms with E-state index in [4.69, 9.17) is 11.3 Å². The predicted molar refractivity (Wildman–Crippen MR) is 186 cm³/mol. The average Bonchev–Trinajstić information content (AvgIpc) is 3.49. The van der Waals surface area contributed by atoms with Gasteiger partial charge in [-0.2, -0.15) is 0 Å². The van der Waals surface area contributed by atoms with Crippen LogP contribution in [0.5, 0.6) is 0 Å². The molecular formula is C42H31NO. The van der Waals surface area contributed by atoms with Gasteiger partial charge in [-0.1, -0.05) is 103 Å². The molecule has 44 heavy (non-hydrogen) atoms. The Morgan fingerprint density at radius 2 is 1.18 bits per heavy atom. The maximum atomic E-state index is 8.44. The summed E-state index contributed by atoms with van der Waals surface area (Å²) in [5, 5.41) is 4.09. The minimum absolute atomic E-state index is 0.202. The second-order valence-electron chi connectivity index (χ2n) is 11.2. The predicted octanol–water partition coefficient (Wildman–Crippen LogP) is 12.2. The Labute approximate surface area is 264 Å². The molecule has 0 aliphatic carbocycles. The summed E-state index contributed by atoms with van der Waals surface area (Å²) in [7, 11) is 0. The number of aryl methyl sites for hydroxylation is 2. The lowest BCUT2D eigenvalue weighted by Crippen LogP contribution is -2.09. The molecule has 0 bridgehead atoms. The van der Waals surface area contributed by atoms with E-state index in [1.165, 1.54) is 5.56 Å². The van der Waals surface area contributed by atoms with Crippen LogP contribution in [0.25, 0.3) is 55.0 Å². The van der Waals surface area contributed by atoms with Crippen molar-refractivity contribution >= 4 is 49.8 Å². The third-order valence-corrected chi connectivity index (χ3v) is 8.22. The van der Waals surface area contributed by atoms with Crippen molar-refractivity contribution in [2.24, 2.45) is 0 Å². The summed E-state index contributed by atoms with van der Waals surface area (Å²) in [4.78, 5) is 2.23. The van der Waals surface area contributed by atoms with Crippen LogP contribution in [-0.2, 0) is 0 Å². The fraction of sp³-hybridized carbons (Fsp3) is 0.0476. The number of para-hydroxylation sites is 1. The molecule has 2 heteroatoms. The Morgan fingerprint density at radius 1 is 0.523 bits per heavy atom. The van der Waals surface area contributed by atoms with Crippen molar-refractivity contribution in [3.05, 3.63) is 163 Å². The van der Waals surface area contributed by atoms with E-state index in [0.717, 1.165) is 66.5 Å². The lowest BCUT2D eigenvalue weighted by Gasteiger charge is -2.26. The largest absolute Gasteiger partial charge is 0.456 e. The van der Waals surface area contributed by atoms with Gasteiger partial charge in [0.15, 0.2) is 0 Å². The molecule has 0 saturated heterocycles. The topological polar surface area (TPSA) is 16.4 Å². The molecule has 0 spiro atoms. The molecule has 8 aromatic rings. The molecule has 0 fully saturated rings. The molecule has 1 heterocycles. The third-order valence-electron chi connectivity index (χ3n) is 8.22. The zero-order valence-electron chi connectivity index (χ0n) is 29.4. The van der Waals surface area contributed by atoms with Gasteiger partial charge >= 0.3 is 0 Å². The van der Waals surface area contributed by atoms with E-state index in [2.05, 4.69) is 97.6 Å². The van der Waals surface area contributed by atoms with Crippen LogP contribution in [0.2, 0.25) is 0 Å². The summed E-state index contributed by atoms with van der Waals surface area (Å²) in [6.45, 7) is 4.17. The van der Waals surface area contributed by atoms with E-state index in [1.807, 2.05) is 42.5 Å². The summed E-state index contributed by atoms with van der Waals surface area (Å²) in [5.74, 6) is 0. The zero-order chi connectivity index (χ0) is 34.0. The minimum atomic E-state index is -0.393. The third kappa shape index (κ3) is 4.62. The first kappa shape index (κ1) is 21.1. The lowest BCUT2D eigenvalue weighted by atomic mass is 9.97.